The van der Waals surface area contributed by atoms with Gasteiger partial charge in [-0.25, -0.2) is 4.79 Å². The minimum Gasteiger partial charge on any atom is -0.334 e. The maximum absolute atomic E-state index is 12.8. The van der Waals surface area contributed by atoms with E-state index in [1.165, 1.54) is 22.3 Å². The summed E-state index contributed by atoms with van der Waals surface area (Å²) in [6, 6.07) is 13.4. The first-order chi connectivity index (χ1) is 13.1. The number of amides is 2. The van der Waals surface area contributed by atoms with Crippen LogP contribution in [0.4, 0.5) is 4.79 Å². The van der Waals surface area contributed by atoms with E-state index >= 15 is 0 Å². The summed E-state index contributed by atoms with van der Waals surface area (Å²) >= 11 is 12.2. The van der Waals surface area contributed by atoms with Crippen molar-refractivity contribution < 1.29 is 4.79 Å². The summed E-state index contributed by atoms with van der Waals surface area (Å²) in [5.74, 6) is 0. The second kappa shape index (κ2) is 7.55. The summed E-state index contributed by atoms with van der Waals surface area (Å²) in [4.78, 5) is 14.7. The average molecular weight is 402 g/mol. The number of benzene rings is 2. The average Bonchev–Trinajstić information content (AvgIpc) is 3.03. The number of fused-ring (bicyclic) bond motifs is 2. The second-order valence-corrected chi connectivity index (χ2v) is 7.84. The highest BCUT2D eigenvalue weighted by atomic mass is 35.5. The molecule has 0 radical (unpaired) electrons. The molecule has 4 nitrogen and oxygen atoms in total. The van der Waals surface area contributed by atoms with Crippen molar-refractivity contribution in [1.29, 1.82) is 0 Å². The van der Waals surface area contributed by atoms with Gasteiger partial charge in [0.05, 0.1) is 6.04 Å². The van der Waals surface area contributed by atoms with E-state index in [9.17, 15) is 4.79 Å². The molecule has 4 rings (SSSR count). The van der Waals surface area contributed by atoms with Crippen LogP contribution in [0.5, 0.6) is 0 Å². The van der Waals surface area contributed by atoms with Crippen LogP contribution in [0.3, 0.4) is 0 Å². The summed E-state index contributed by atoms with van der Waals surface area (Å²) < 4.78 is 0. The Morgan fingerprint density at radius 3 is 2.78 bits per heavy atom. The number of carbonyl (C=O) groups is 1. The van der Waals surface area contributed by atoms with Gasteiger partial charge in [0, 0.05) is 29.7 Å². The first-order valence-corrected chi connectivity index (χ1v) is 9.82. The molecule has 0 bridgehead atoms. The van der Waals surface area contributed by atoms with Crippen molar-refractivity contribution in [3.8, 4) is 0 Å². The Morgan fingerprint density at radius 2 is 2.00 bits per heavy atom. The van der Waals surface area contributed by atoms with Crippen LogP contribution in [0.25, 0.3) is 5.57 Å². The van der Waals surface area contributed by atoms with Crippen molar-refractivity contribution in [2.75, 3.05) is 13.1 Å². The Bertz CT molecular complexity index is 925. The number of hydrogen-bond donors (Lipinski definition) is 2. The van der Waals surface area contributed by atoms with Gasteiger partial charge < -0.3 is 16.0 Å². The summed E-state index contributed by atoms with van der Waals surface area (Å²) in [5, 5.41) is 4.41. The van der Waals surface area contributed by atoms with E-state index in [1.54, 1.807) is 0 Å². The Morgan fingerprint density at radius 1 is 1.19 bits per heavy atom. The number of rotatable bonds is 3. The lowest BCUT2D eigenvalue weighted by molar-refractivity contribution is 0.182. The zero-order chi connectivity index (χ0) is 19.0. The van der Waals surface area contributed by atoms with E-state index in [1.807, 2.05) is 41.3 Å². The zero-order valence-electron chi connectivity index (χ0n) is 14.8. The number of hydrogen-bond acceptors (Lipinski definition) is 2. The molecule has 3 N–H and O–H groups in total. The molecule has 1 atom stereocenters. The van der Waals surface area contributed by atoms with E-state index in [0.717, 1.165) is 23.4 Å². The number of halogens is 2. The molecule has 1 aliphatic carbocycles. The molecule has 27 heavy (non-hydrogen) atoms. The summed E-state index contributed by atoms with van der Waals surface area (Å²) in [6.45, 7) is 1.49. The molecule has 2 amide bonds. The normalized spacial score (nSPS) is 18.3. The molecular weight excluding hydrogens is 381 g/mol. The van der Waals surface area contributed by atoms with Crippen molar-refractivity contribution >= 4 is 34.8 Å². The Hall–Kier alpha value is -2.01. The van der Waals surface area contributed by atoms with Crippen LogP contribution in [0.2, 0.25) is 10.0 Å². The monoisotopic (exact) mass is 401 g/mol. The number of nitrogens with two attached hydrogens (primary N) is 1. The van der Waals surface area contributed by atoms with Gasteiger partial charge in [0.25, 0.3) is 0 Å². The third-order valence-corrected chi connectivity index (χ3v) is 5.83. The predicted molar refractivity (Wildman–Crippen MR) is 110 cm³/mol. The summed E-state index contributed by atoms with van der Waals surface area (Å²) in [5.41, 5.74) is 12.1. The fourth-order valence-electron chi connectivity index (χ4n) is 4.10. The van der Waals surface area contributed by atoms with Crippen molar-refractivity contribution in [2.45, 2.75) is 25.4 Å². The lowest BCUT2D eigenvalue weighted by atomic mass is 9.93. The van der Waals surface area contributed by atoms with Crippen molar-refractivity contribution in [2.24, 2.45) is 5.73 Å². The standard InChI is InChI=1S/C21H21Cl2N3O/c22-15-3-1-2-13(8-15)12-25-21(27)26-7-6-17-18-10-16(23)5-4-14(18)9-19(17)20(26)11-24/h1-5,8,10,20H,6-7,9,11-12,24H2,(H,25,27). The molecule has 2 aromatic rings. The van der Waals surface area contributed by atoms with Crippen LogP contribution in [0.1, 0.15) is 23.1 Å². The van der Waals surface area contributed by atoms with Gasteiger partial charge in [0.15, 0.2) is 0 Å². The topological polar surface area (TPSA) is 58.4 Å². The van der Waals surface area contributed by atoms with Gasteiger partial charge in [-0.15, -0.1) is 0 Å². The van der Waals surface area contributed by atoms with Gasteiger partial charge in [-0.3, -0.25) is 0 Å². The number of carbonyl (C=O) groups excluding carboxylic acids is 1. The SMILES string of the molecule is NCC1C2=C(CCN1C(=O)NCc1cccc(Cl)c1)c1cc(Cl)ccc1C2. The molecule has 1 unspecified atom stereocenters. The molecule has 1 aliphatic heterocycles. The number of nitrogens with one attached hydrogen (secondary N) is 1. The number of urea groups is 1. The van der Waals surface area contributed by atoms with Gasteiger partial charge in [0.2, 0.25) is 0 Å². The molecule has 0 saturated carbocycles. The van der Waals surface area contributed by atoms with E-state index in [2.05, 4.69) is 11.4 Å². The Kier molecular flexibility index (Phi) is 5.13. The maximum Gasteiger partial charge on any atom is 0.318 e. The van der Waals surface area contributed by atoms with Crippen molar-refractivity contribution in [3.05, 3.63) is 74.8 Å². The first kappa shape index (κ1) is 18.4. The summed E-state index contributed by atoms with van der Waals surface area (Å²) in [6.07, 6.45) is 1.66. The van der Waals surface area contributed by atoms with E-state index in [-0.39, 0.29) is 12.1 Å². The molecule has 0 spiro atoms. The molecule has 2 aromatic carbocycles. The smallest absolute Gasteiger partial charge is 0.318 e. The quantitative estimate of drug-likeness (QED) is 0.807. The fraction of sp³-hybridized carbons (Fsp3) is 0.286. The van der Waals surface area contributed by atoms with Crippen LogP contribution >= 0.6 is 23.2 Å². The second-order valence-electron chi connectivity index (χ2n) is 6.97. The maximum atomic E-state index is 12.8. The minimum absolute atomic E-state index is 0.0840. The van der Waals surface area contributed by atoms with Gasteiger partial charge in [0.1, 0.15) is 0 Å². The highest BCUT2D eigenvalue weighted by Gasteiger charge is 2.36. The van der Waals surface area contributed by atoms with E-state index < -0.39 is 0 Å². The highest BCUT2D eigenvalue weighted by Crippen LogP contribution is 2.41. The van der Waals surface area contributed by atoms with Gasteiger partial charge in [-0.05, 0) is 64.9 Å². The zero-order valence-corrected chi connectivity index (χ0v) is 16.4. The van der Waals surface area contributed by atoms with Crippen LogP contribution < -0.4 is 11.1 Å². The largest absolute Gasteiger partial charge is 0.334 e. The van der Waals surface area contributed by atoms with Gasteiger partial charge >= 0.3 is 6.03 Å². The third-order valence-electron chi connectivity index (χ3n) is 5.36. The molecule has 0 aromatic heterocycles. The van der Waals surface area contributed by atoms with Crippen molar-refractivity contribution in [1.82, 2.24) is 10.2 Å². The molecule has 0 fully saturated rings. The Labute approximate surface area is 168 Å². The fourth-order valence-corrected chi connectivity index (χ4v) is 4.48. The lowest BCUT2D eigenvalue weighted by Gasteiger charge is -2.36. The molecule has 6 heteroatoms. The molecule has 2 aliphatic rings. The molecular formula is C21H21Cl2N3O. The van der Waals surface area contributed by atoms with E-state index in [0.29, 0.717) is 24.7 Å². The van der Waals surface area contributed by atoms with Gasteiger partial charge in [-0.1, -0.05) is 41.4 Å². The first-order valence-electron chi connectivity index (χ1n) is 9.06. The predicted octanol–water partition coefficient (Wildman–Crippen LogP) is 4.25. The van der Waals surface area contributed by atoms with Gasteiger partial charge in [-0.2, -0.15) is 0 Å². The minimum atomic E-state index is -0.0917. The van der Waals surface area contributed by atoms with Crippen molar-refractivity contribution in [3.63, 3.8) is 0 Å². The Balaban J connectivity index is 1.51. The lowest BCUT2D eigenvalue weighted by Crippen LogP contribution is -2.52. The third kappa shape index (κ3) is 3.57. The molecule has 140 valence electrons. The molecule has 0 saturated heterocycles. The highest BCUT2D eigenvalue weighted by molar-refractivity contribution is 6.31. The van der Waals surface area contributed by atoms with E-state index in [4.69, 9.17) is 28.9 Å². The molecule has 1 heterocycles. The summed E-state index contributed by atoms with van der Waals surface area (Å²) in [7, 11) is 0. The van der Waals surface area contributed by atoms with Crippen LogP contribution in [0.15, 0.2) is 48.0 Å². The van der Waals surface area contributed by atoms with Crippen LogP contribution in [-0.4, -0.2) is 30.1 Å². The number of nitrogens with zero attached hydrogens (tertiary/aromatic N) is 1. The van der Waals surface area contributed by atoms with Crippen LogP contribution in [0, 0.1) is 0 Å². The van der Waals surface area contributed by atoms with Crippen LogP contribution in [-0.2, 0) is 13.0 Å².